The lowest BCUT2D eigenvalue weighted by Gasteiger charge is -2.55. The van der Waals surface area contributed by atoms with Crippen LogP contribution in [-0.2, 0) is 9.59 Å². The number of hydrogen-bond donors (Lipinski definition) is 3. The molecule has 0 aromatic heterocycles. The fourth-order valence-corrected chi connectivity index (χ4v) is 6.77. The summed E-state index contributed by atoms with van der Waals surface area (Å²) in [5.74, 6) is 2.44. The molecule has 0 radical (unpaired) electrons. The highest BCUT2D eigenvalue weighted by Gasteiger charge is 2.55. The average molecular weight is 376 g/mol. The van der Waals surface area contributed by atoms with E-state index < -0.39 is 6.04 Å². The Labute approximate surface area is 163 Å². The Morgan fingerprint density at radius 2 is 1.44 bits per heavy atom. The molecule has 0 heterocycles. The third-order valence-electron chi connectivity index (χ3n) is 7.87. The Kier molecular flexibility index (Phi) is 5.26. The van der Waals surface area contributed by atoms with Gasteiger partial charge in [-0.25, -0.2) is 0 Å². The quantitative estimate of drug-likeness (QED) is 0.691. The Hall–Kier alpha value is -1.10. The van der Waals surface area contributed by atoms with E-state index in [-0.39, 0.29) is 35.2 Å². The lowest BCUT2D eigenvalue weighted by atomic mass is 9.49. The molecule has 5 rings (SSSR count). The highest BCUT2D eigenvalue weighted by atomic mass is 16.2. The van der Waals surface area contributed by atoms with E-state index in [0.29, 0.717) is 0 Å². The van der Waals surface area contributed by atoms with Crippen LogP contribution < -0.4 is 16.4 Å². The summed E-state index contributed by atoms with van der Waals surface area (Å²) in [6.45, 7) is 4.06. The third kappa shape index (κ3) is 3.90. The van der Waals surface area contributed by atoms with Gasteiger partial charge in [-0.15, -0.1) is 0 Å². The molecule has 4 bridgehead atoms. The second-order valence-corrected chi connectivity index (χ2v) is 10.5. The van der Waals surface area contributed by atoms with Crippen LogP contribution in [0.5, 0.6) is 0 Å². The second-order valence-electron chi connectivity index (χ2n) is 10.5. The Morgan fingerprint density at radius 3 is 1.93 bits per heavy atom. The number of carbonyl (C=O) groups is 2. The predicted octanol–water partition coefficient (Wildman–Crippen LogP) is 2.73. The van der Waals surface area contributed by atoms with Crippen LogP contribution in [0, 0.1) is 29.1 Å². The monoisotopic (exact) mass is 375 g/mol. The average Bonchev–Trinajstić information content (AvgIpc) is 2.59. The maximum absolute atomic E-state index is 13.3. The van der Waals surface area contributed by atoms with Crippen molar-refractivity contribution < 1.29 is 9.59 Å². The summed E-state index contributed by atoms with van der Waals surface area (Å²) in [6.07, 6.45) is 10.9. The number of carbonyl (C=O) groups excluding carboxylic acids is 2. The molecular formula is C22H37N3O2. The summed E-state index contributed by atoms with van der Waals surface area (Å²) in [5, 5.41) is 6.39. The van der Waals surface area contributed by atoms with Crippen molar-refractivity contribution in [3.63, 3.8) is 0 Å². The maximum atomic E-state index is 13.3. The standard InChI is InChI=1S/C22H37N3O2/c1-13(2)19(20(26)24-18-5-3-17(23)4-6-18)25-21(27)22-10-14-7-15(11-22)9-16(8-14)12-22/h13-19H,3-12,23H2,1-2H3,(H,24,26)(H,25,27). The number of nitrogens with two attached hydrogens (primary N) is 1. The predicted molar refractivity (Wildman–Crippen MR) is 106 cm³/mol. The zero-order valence-corrected chi connectivity index (χ0v) is 17.0. The molecular weight excluding hydrogens is 338 g/mol. The lowest BCUT2D eigenvalue weighted by Crippen LogP contribution is -2.59. The molecule has 5 aliphatic carbocycles. The van der Waals surface area contributed by atoms with Gasteiger partial charge in [0, 0.05) is 17.5 Å². The first kappa shape index (κ1) is 19.2. The van der Waals surface area contributed by atoms with Gasteiger partial charge < -0.3 is 16.4 Å². The summed E-state index contributed by atoms with van der Waals surface area (Å²) in [7, 11) is 0. The van der Waals surface area contributed by atoms with Crippen molar-refractivity contribution in [2.45, 2.75) is 96.2 Å². The molecule has 5 aliphatic rings. The number of amides is 2. The summed E-state index contributed by atoms with van der Waals surface area (Å²) in [4.78, 5) is 26.3. The van der Waals surface area contributed by atoms with Crippen molar-refractivity contribution in [3.8, 4) is 0 Å². The zero-order valence-electron chi connectivity index (χ0n) is 17.0. The van der Waals surface area contributed by atoms with Crippen molar-refractivity contribution in [3.05, 3.63) is 0 Å². The van der Waals surface area contributed by atoms with Crippen LogP contribution in [0.2, 0.25) is 0 Å². The molecule has 0 aliphatic heterocycles. The minimum absolute atomic E-state index is 0.0106. The second kappa shape index (κ2) is 7.38. The first-order valence-corrected chi connectivity index (χ1v) is 11.2. The zero-order chi connectivity index (χ0) is 19.2. The summed E-state index contributed by atoms with van der Waals surface area (Å²) in [5.41, 5.74) is 5.78. The van der Waals surface area contributed by atoms with E-state index in [2.05, 4.69) is 10.6 Å². The fourth-order valence-electron chi connectivity index (χ4n) is 6.77. The summed E-state index contributed by atoms with van der Waals surface area (Å²) >= 11 is 0. The molecule has 1 atom stereocenters. The molecule has 27 heavy (non-hydrogen) atoms. The van der Waals surface area contributed by atoms with E-state index in [4.69, 9.17) is 5.73 Å². The Bertz CT molecular complexity index is 545. The normalized spacial score (nSPS) is 41.4. The minimum Gasteiger partial charge on any atom is -0.352 e. The molecule has 152 valence electrons. The van der Waals surface area contributed by atoms with Crippen molar-refractivity contribution >= 4 is 11.8 Å². The molecule has 0 aromatic carbocycles. The van der Waals surface area contributed by atoms with Crippen LogP contribution >= 0.6 is 0 Å². The number of nitrogens with one attached hydrogen (secondary N) is 2. The van der Waals surface area contributed by atoms with E-state index in [0.717, 1.165) is 62.7 Å². The van der Waals surface area contributed by atoms with Gasteiger partial charge in [-0.05, 0) is 87.9 Å². The molecule has 5 fully saturated rings. The molecule has 4 N–H and O–H groups in total. The molecule has 0 aromatic rings. The van der Waals surface area contributed by atoms with Crippen LogP contribution in [0.15, 0.2) is 0 Å². The van der Waals surface area contributed by atoms with Gasteiger partial charge in [0.25, 0.3) is 0 Å². The molecule has 0 saturated heterocycles. The highest BCUT2D eigenvalue weighted by molar-refractivity contribution is 5.90. The van der Waals surface area contributed by atoms with E-state index in [1.165, 1.54) is 19.3 Å². The van der Waals surface area contributed by atoms with Gasteiger partial charge >= 0.3 is 0 Å². The van der Waals surface area contributed by atoms with Gasteiger partial charge in [0.05, 0.1) is 0 Å². The summed E-state index contributed by atoms with van der Waals surface area (Å²) in [6, 6.07) is 0.0472. The maximum Gasteiger partial charge on any atom is 0.243 e. The van der Waals surface area contributed by atoms with Crippen LogP contribution in [-0.4, -0.2) is 29.9 Å². The Morgan fingerprint density at radius 1 is 0.926 bits per heavy atom. The Balaban J connectivity index is 1.39. The topological polar surface area (TPSA) is 84.2 Å². The smallest absolute Gasteiger partial charge is 0.243 e. The van der Waals surface area contributed by atoms with Gasteiger partial charge in [0.2, 0.25) is 11.8 Å². The van der Waals surface area contributed by atoms with E-state index in [1.54, 1.807) is 0 Å². The highest BCUT2D eigenvalue weighted by Crippen LogP contribution is 2.60. The SMILES string of the molecule is CC(C)C(NC(=O)C12CC3CC(CC(C3)C1)C2)C(=O)NC1CCC(N)CC1. The molecule has 2 amide bonds. The first-order valence-electron chi connectivity index (χ1n) is 11.2. The van der Waals surface area contributed by atoms with Gasteiger partial charge in [-0.3, -0.25) is 9.59 Å². The van der Waals surface area contributed by atoms with Gasteiger partial charge in [-0.2, -0.15) is 0 Å². The van der Waals surface area contributed by atoms with Crippen molar-refractivity contribution in [1.82, 2.24) is 10.6 Å². The van der Waals surface area contributed by atoms with Crippen LogP contribution in [0.3, 0.4) is 0 Å². The van der Waals surface area contributed by atoms with Crippen LogP contribution in [0.25, 0.3) is 0 Å². The molecule has 0 spiro atoms. The lowest BCUT2D eigenvalue weighted by molar-refractivity contribution is -0.149. The van der Waals surface area contributed by atoms with Crippen molar-refractivity contribution in [2.75, 3.05) is 0 Å². The van der Waals surface area contributed by atoms with E-state index in [9.17, 15) is 9.59 Å². The molecule has 5 saturated carbocycles. The molecule has 1 unspecified atom stereocenters. The largest absolute Gasteiger partial charge is 0.352 e. The van der Waals surface area contributed by atoms with Crippen LogP contribution in [0.1, 0.15) is 78.1 Å². The van der Waals surface area contributed by atoms with Crippen molar-refractivity contribution in [1.29, 1.82) is 0 Å². The summed E-state index contributed by atoms with van der Waals surface area (Å²) < 4.78 is 0. The van der Waals surface area contributed by atoms with Gasteiger partial charge in [0.1, 0.15) is 6.04 Å². The van der Waals surface area contributed by atoms with Crippen molar-refractivity contribution in [2.24, 2.45) is 34.8 Å². The van der Waals surface area contributed by atoms with E-state index in [1.807, 2.05) is 13.8 Å². The van der Waals surface area contributed by atoms with Gasteiger partial charge in [-0.1, -0.05) is 13.8 Å². The number of hydrogen-bond acceptors (Lipinski definition) is 3. The number of rotatable bonds is 5. The van der Waals surface area contributed by atoms with E-state index >= 15 is 0 Å². The minimum atomic E-state index is -0.430. The van der Waals surface area contributed by atoms with Crippen LogP contribution in [0.4, 0.5) is 0 Å². The molecule has 5 heteroatoms. The molecule has 5 nitrogen and oxygen atoms in total. The fraction of sp³-hybridized carbons (Fsp3) is 0.909. The first-order chi connectivity index (χ1) is 12.8. The third-order valence-corrected chi connectivity index (χ3v) is 7.87. The van der Waals surface area contributed by atoms with Gasteiger partial charge in [0.15, 0.2) is 0 Å².